The van der Waals surface area contributed by atoms with E-state index in [1.165, 1.54) is 32.1 Å². The van der Waals surface area contributed by atoms with Gasteiger partial charge in [0, 0.05) is 43.5 Å². The number of aromatic nitrogens is 2. The molecule has 5 rings (SSSR count). The summed E-state index contributed by atoms with van der Waals surface area (Å²) in [5, 5.41) is 6.28. The Bertz CT molecular complexity index is 1380. The summed E-state index contributed by atoms with van der Waals surface area (Å²) in [6.07, 6.45) is 9.89. The molecule has 1 saturated carbocycles. The van der Waals surface area contributed by atoms with Crippen LogP contribution in [0.2, 0.25) is 0 Å². The summed E-state index contributed by atoms with van der Waals surface area (Å²) in [7, 11) is 6.25. The lowest BCUT2D eigenvalue weighted by Gasteiger charge is -2.27. The van der Waals surface area contributed by atoms with Gasteiger partial charge in [0.05, 0.1) is 16.7 Å². The fraction of sp³-hybridized carbons (Fsp3) is 0.531. The maximum absolute atomic E-state index is 13.9. The van der Waals surface area contributed by atoms with E-state index in [9.17, 15) is 9.59 Å². The second-order valence-electron chi connectivity index (χ2n) is 11.8. The Morgan fingerprint density at radius 1 is 1.10 bits per heavy atom. The first-order chi connectivity index (χ1) is 19.9. The monoisotopic (exact) mass is 576 g/mol. The van der Waals surface area contributed by atoms with Gasteiger partial charge in [0.1, 0.15) is 11.9 Å². The van der Waals surface area contributed by atoms with E-state index in [4.69, 9.17) is 4.98 Å². The van der Waals surface area contributed by atoms with Gasteiger partial charge in [0.25, 0.3) is 5.91 Å². The summed E-state index contributed by atoms with van der Waals surface area (Å²) in [4.78, 5) is 36.3. The second-order valence-corrected chi connectivity index (χ2v) is 12.8. The summed E-state index contributed by atoms with van der Waals surface area (Å²) in [6.45, 7) is 2.47. The van der Waals surface area contributed by atoms with Crippen molar-refractivity contribution in [1.82, 2.24) is 19.8 Å². The zero-order valence-corrected chi connectivity index (χ0v) is 25.7. The summed E-state index contributed by atoms with van der Waals surface area (Å²) >= 11 is 1.78. The number of rotatable bonds is 11. The first-order valence-electron chi connectivity index (χ1n) is 15.0. The minimum atomic E-state index is -0.355. The highest BCUT2D eigenvalue weighted by Crippen LogP contribution is 2.41. The number of amides is 2. The van der Waals surface area contributed by atoms with Crippen LogP contribution < -0.4 is 15.5 Å². The van der Waals surface area contributed by atoms with Crippen LogP contribution in [0, 0.1) is 5.92 Å². The van der Waals surface area contributed by atoms with E-state index in [0.29, 0.717) is 18.0 Å². The number of likely N-dealkylation sites (N-methyl/N-ethyl adjacent to an activating group) is 2. The van der Waals surface area contributed by atoms with Crippen LogP contribution in [0.15, 0.2) is 36.4 Å². The molecule has 41 heavy (non-hydrogen) atoms. The van der Waals surface area contributed by atoms with E-state index in [1.54, 1.807) is 11.8 Å². The maximum atomic E-state index is 13.9. The van der Waals surface area contributed by atoms with Crippen LogP contribution in [0.4, 0.5) is 11.4 Å². The number of thioether (sulfide) groups is 1. The average Bonchev–Trinajstić information content (AvgIpc) is 3.30. The van der Waals surface area contributed by atoms with Crippen LogP contribution in [0.3, 0.4) is 0 Å². The largest absolute Gasteiger partial charge is 0.373 e. The maximum Gasteiger partial charge on any atom is 0.251 e. The molecule has 1 aliphatic heterocycles. The van der Waals surface area contributed by atoms with Crippen molar-refractivity contribution >= 4 is 46.0 Å². The topological polar surface area (TPSA) is 82.5 Å². The fourth-order valence-electron chi connectivity index (χ4n) is 6.09. The minimum Gasteiger partial charge on any atom is -0.373 e. The van der Waals surface area contributed by atoms with E-state index < -0.39 is 0 Å². The van der Waals surface area contributed by atoms with Crippen molar-refractivity contribution in [2.45, 2.75) is 51.0 Å². The summed E-state index contributed by atoms with van der Waals surface area (Å²) < 4.78 is 2.15. The summed E-state index contributed by atoms with van der Waals surface area (Å²) in [5.41, 5.74) is 5.02. The molecular formula is C32H44N6O2S. The van der Waals surface area contributed by atoms with Crippen LogP contribution in [0.25, 0.3) is 22.4 Å². The summed E-state index contributed by atoms with van der Waals surface area (Å²) in [5.74, 6) is 2.25. The first kappa shape index (κ1) is 29.5. The van der Waals surface area contributed by atoms with Gasteiger partial charge in [-0.1, -0.05) is 32.1 Å². The Kier molecular flexibility index (Phi) is 9.55. The zero-order chi connectivity index (χ0) is 28.9. The third-order valence-corrected chi connectivity index (χ3v) is 9.18. The molecule has 0 unspecified atom stereocenters. The minimum absolute atomic E-state index is 0.0131. The molecule has 0 spiro atoms. The SMILES string of the molecule is CSCCCNC(=O)c1ccc2c(c1)nc1n2[C@@H](CC2CCCCC2)C(=O)Nc2ccc(N(C)CCN(C)C)cc2-1. The average molecular weight is 577 g/mol. The zero-order valence-electron chi connectivity index (χ0n) is 24.9. The number of nitrogens with zero attached hydrogens (tertiary/aromatic N) is 4. The molecule has 0 bridgehead atoms. The van der Waals surface area contributed by atoms with Gasteiger partial charge in [-0.15, -0.1) is 0 Å². The van der Waals surface area contributed by atoms with Crippen LogP contribution >= 0.6 is 11.8 Å². The lowest BCUT2D eigenvalue weighted by atomic mass is 9.84. The van der Waals surface area contributed by atoms with E-state index in [-0.39, 0.29) is 17.9 Å². The quantitative estimate of drug-likeness (QED) is 0.287. The molecule has 0 radical (unpaired) electrons. The van der Waals surface area contributed by atoms with Gasteiger partial charge in [-0.05, 0) is 81.3 Å². The molecule has 2 aromatic carbocycles. The van der Waals surface area contributed by atoms with Crippen molar-refractivity contribution in [2.75, 3.05) is 63.0 Å². The van der Waals surface area contributed by atoms with Crippen molar-refractivity contribution in [3.63, 3.8) is 0 Å². The normalized spacial score (nSPS) is 17.2. The molecule has 1 aliphatic carbocycles. The molecule has 1 aromatic heterocycles. The lowest BCUT2D eigenvalue weighted by Crippen LogP contribution is -2.28. The number of benzene rings is 2. The summed E-state index contributed by atoms with van der Waals surface area (Å²) in [6, 6.07) is 11.6. The molecular weight excluding hydrogens is 532 g/mol. The standard InChI is InChI=1S/C32H44N6O2S/c1-36(2)16-17-37(3)24-12-13-26-25(21-24)30-34-27-20-23(31(39)33-15-8-18-41-4)11-14-28(27)38(30)29(32(40)35-26)19-22-9-6-5-7-10-22/h11-14,20-22,29H,5-10,15-19H2,1-4H3,(H,33,39)(H,35,40)/t29-/m0/s1. The third kappa shape index (κ3) is 6.72. The molecule has 3 aromatic rings. The lowest BCUT2D eigenvalue weighted by molar-refractivity contribution is -0.119. The smallest absolute Gasteiger partial charge is 0.251 e. The number of carbonyl (C=O) groups excluding carboxylic acids is 2. The molecule has 1 fully saturated rings. The molecule has 2 amide bonds. The Morgan fingerprint density at radius 3 is 2.66 bits per heavy atom. The van der Waals surface area contributed by atoms with Crippen molar-refractivity contribution < 1.29 is 9.59 Å². The third-order valence-electron chi connectivity index (χ3n) is 8.48. The van der Waals surface area contributed by atoms with Crippen LogP contribution in [-0.2, 0) is 4.79 Å². The number of carbonyl (C=O) groups is 2. The first-order valence-corrected chi connectivity index (χ1v) is 16.4. The predicted octanol–water partition coefficient (Wildman–Crippen LogP) is 5.65. The fourth-order valence-corrected chi connectivity index (χ4v) is 6.53. The van der Waals surface area contributed by atoms with Gasteiger partial charge in [-0.3, -0.25) is 9.59 Å². The van der Waals surface area contributed by atoms with Crippen LogP contribution in [0.1, 0.15) is 61.3 Å². The van der Waals surface area contributed by atoms with Gasteiger partial charge < -0.3 is 25.0 Å². The Morgan fingerprint density at radius 2 is 1.90 bits per heavy atom. The number of hydrogen-bond donors (Lipinski definition) is 2. The number of anilines is 2. The second kappa shape index (κ2) is 13.3. The highest BCUT2D eigenvalue weighted by atomic mass is 32.2. The molecule has 9 heteroatoms. The van der Waals surface area contributed by atoms with Crippen LogP contribution in [0.5, 0.6) is 0 Å². The van der Waals surface area contributed by atoms with Gasteiger partial charge in [0.15, 0.2) is 0 Å². The molecule has 2 heterocycles. The van der Waals surface area contributed by atoms with Gasteiger partial charge >= 0.3 is 0 Å². The molecule has 2 N–H and O–H groups in total. The Balaban J connectivity index is 1.56. The highest BCUT2D eigenvalue weighted by Gasteiger charge is 2.33. The van der Waals surface area contributed by atoms with E-state index >= 15 is 0 Å². The molecule has 0 saturated heterocycles. The van der Waals surface area contributed by atoms with Crippen molar-refractivity contribution in [3.8, 4) is 11.4 Å². The number of fused-ring (bicyclic) bond motifs is 5. The Hall–Kier alpha value is -3.04. The highest BCUT2D eigenvalue weighted by molar-refractivity contribution is 7.98. The molecule has 220 valence electrons. The van der Waals surface area contributed by atoms with Gasteiger partial charge in [-0.2, -0.15) is 11.8 Å². The number of hydrogen-bond acceptors (Lipinski definition) is 6. The van der Waals surface area contributed by atoms with Crippen LogP contribution in [-0.4, -0.2) is 79.1 Å². The van der Waals surface area contributed by atoms with Gasteiger partial charge in [-0.25, -0.2) is 4.98 Å². The molecule has 2 aliphatic rings. The predicted molar refractivity (Wildman–Crippen MR) is 171 cm³/mol. The Labute approximate surface area is 248 Å². The van der Waals surface area contributed by atoms with Gasteiger partial charge in [0.2, 0.25) is 5.91 Å². The number of nitrogens with one attached hydrogen (secondary N) is 2. The van der Waals surface area contributed by atoms with Crippen molar-refractivity contribution in [1.29, 1.82) is 0 Å². The number of imidazole rings is 1. The van der Waals surface area contributed by atoms with E-state index in [0.717, 1.165) is 65.5 Å². The molecule has 8 nitrogen and oxygen atoms in total. The van der Waals surface area contributed by atoms with E-state index in [2.05, 4.69) is 64.5 Å². The van der Waals surface area contributed by atoms with Crippen molar-refractivity contribution in [2.24, 2.45) is 5.92 Å². The van der Waals surface area contributed by atoms with E-state index in [1.807, 2.05) is 24.3 Å². The molecule has 1 atom stereocenters. The van der Waals surface area contributed by atoms with Crippen molar-refractivity contribution in [3.05, 3.63) is 42.0 Å².